The van der Waals surface area contributed by atoms with Crippen LogP contribution in [-0.2, 0) is 4.79 Å². The fourth-order valence-corrected chi connectivity index (χ4v) is 1.85. The third kappa shape index (κ3) is 3.46. The van der Waals surface area contributed by atoms with Crippen molar-refractivity contribution >= 4 is 5.91 Å². The monoisotopic (exact) mass is 234 g/mol. The molecule has 1 aliphatic heterocycles. The van der Waals surface area contributed by atoms with E-state index in [9.17, 15) is 4.79 Å². The standard InChI is InChI=1S/C13H18N2O2/c1-10(17-12-5-3-2-4-6-12)13(16)15-11-7-8-14-9-11/h2-6,10-11,14H,7-9H2,1H3,(H,15,16). The molecule has 1 aromatic rings. The molecule has 1 aliphatic rings. The minimum Gasteiger partial charge on any atom is -0.481 e. The van der Waals surface area contributed by atoms with Crippen LogP contribution in [0, 0.1) is 0 Å². The van der Waals surface area contributed by atoms with E-state index in [1.165, 1.54) is 0 Å². The number of benzene rings is 1. The van der Waals surface area contributed by atoms with Crippen LogP contribution in [0.1, 0.15) is 13.3 Å². The summed E-state index contributed by atoms with van der Waals surface area (Å²) in [5.74, 6) is 0.669. The average molecular weight is 234 g/mol. The van der Waals surface area contributed by atoms with Gasteiger partial charge in [-0.15, -0.1) is 0 Å². The third-order valence-corrected chi connectivity index (χ3v) is 2.83. The van der Waals surface area contributed by atoms with Gasteiger partial charge in [0.05, 0.1) is 0 Å². The molecule has 4 nitrogen and oxygen atoms in total. The molecule has 0 aliphatic carbocycles. The molecule has 0 spiro atoms. The highest BCUT2D eigenvalue weighted by Crippen LogP contribution is 2.11. The van der Waals surface area contributed by atoms with Crippen molar-refractivity contribution in [3.63, 3.8) is 0 Å². The highest BCUT2D eigenvalue weighted by molar-refractivity contribution is 5.81. The highest BCUT2D eigenvalue weighted by atomic mass is 16.5. The summed E-state index contributed by atoms with van der Waals surface area (Å²) in [5.41, 5.74) is 0. The van der Waals surface area contributed by atoms with Crippen LogP contribution in [0.5, 0.6) is 5.75 Å². The number of ether oxygens (including phenoxy) is 1. The molecule has 1 saturated heterocycles. The Morgan fingerprint density at radius 1 is 1.47 bits per heavy atom. The van der Waals surface area contributed by atoms with Gasteiger partial charge >= 0.3 is 0 Å². The number of carbonyl (C=O) groups is 1. The molecule has 1 amide bonds. The van der Waals surface area contributed by atoms with Crippen molar-refractivity contribution in [3.05, 3.63) is 30.3 Å². The van der Waals surface area contributed by atoms with Crippen LogP contribution in [0.3, 0.4) is 0 Å². The van der Waals surface area contributed by atoms with Gasteiger partial charge in [-0.3, -0.25) is 4.79 Å². The van der Waals surface area contributed by atoms with Gasteiger partial charge in [0, 0.05) is 12.6 Å². The molecule has 2 unspecified atom stereocenters. The Hall–Kier alpha value is -1.55. The zero-order valence-corrected chi connectivity index (χ0v) is 9.98. The van der Waals surface area contributed by atoms with Crippen LogP contribution in [-0.4, -0.2) is 31.1 Å². The van der Waals surface area contributed by atoms with Crippen molar-refractivity contribution in [2.45, 2.75) is 25.5 Å². The molecule has 0 aromatic heterocycles. The van der Waals surface area contributed by atoms with E-state index in [-0.39, 0.29) is 11.9 Å². The van der Waals surface area contributed by atoms with E-state index >= 15 is 0 Å². The SMILES string of the molecule is CC(Oc1ccccc1)C(=O)NC1CCNC1. The zero-order valence-electron chi connectivity index (χ0n) is 9.98. The van der Waals surface area contributed by atoms with Gasteiger partial charge in [-0.2, -0.15) is 0 Å². The summed E-state index contributed by atoms with van der Waals surface area (Å²) in [5, 5.41) is 6.18. The second kappa shape index (κ2) is 5.68. The first-order valence-corrected chi connectivity index (χ1v) is 5.98. The maximum atomic E-state index is 11.8. The number of rotatable bonds is 4. The molecule has 4 heteroatoms. The lowest BCUT2D eigenvalue weighted by molar-refractivity contribution is -0.127. The lowest BCUT2D eigenvalue weighted by Crippen LogP contribution is -2.43. The number of hydrogen-bond acceptors (Lipinski definition) is 3. The Morgan fingerprint density at radius 2 is 2.24 bits per heavy atom. The molecule has 2 rings (SSSR count). The van der Waals surface area contributed by atoms with Crippen LogP contribution >= 0.6 is 0 Å². The summed E-state index contributed by atoms with van der Waals surface area (Å²) in [4.78, 5) is 11.8. The van der Waals surface area contributed by atoms with Gasteiger partial charge in [0.2, 0.25) is 0 Å². The van der Waals surface area contributed by atoms with Crippen LogP contribution in [0.15, 0.2) is 30.3 Å². The van der Waals surface area contributed by atoms with Gasteiger partial charge in [0.15, 0.2) is 6.10 Å². The predicted octanol–water partition coefficient (Wildman–Crippen LogP) is 0.932. The molecular weight excluding hydrogens is 216 g/mol. The summed E-state index contributed by atoms with van der Waals surface area (Å²) < 4.78 is 5.55. The van der Waals surface area contributed by atoms with Gasteiger partial charge in [0.25, 0.3) is 5.91 Å². The molecule has 2 N–H and O–H groups in total. The fourth-order valence-electron chi connectivity index (χ4n) is 1.85. The van der Waals surface area contributed by atoms with Crippen molar-refractivity contribution in [1.29, 1.82) is 0 Å². The Labute approximate surface area is 101 Å². The molecule has 92 valence electrons. The Balaban J connectivity index is 1.82. The fraction of sp³-hybridized carbons (Fsp3) is 0.462. The van der Waals surface area contributed by atoms with Crippen LogP contribution in [0.2, 0.25) is 0 Å². The van der Waals surface area contributed by atoms with Crippen LogP contribution in [0.4, 0.5) is 0 Å². The topological polar surface area (TPSA) is 50.4 Å². The quantitative estimate of drug-likeness (QED) is 0.815. The van der Waals surface area contributed by atoms with Gasteiger partial charge < -0.3 is 15.4 Å². The van der Waals surface area contributed by atoms with E-state index in [2.05, 4.69) is 10.6 Å². The zero-order chi connectivity index (χ0) is 12.1. The van der Waals surface area contributed by atoms with E-state index in [1.54, 1.807) is 6.92 Å². The van der Waals surface area contributed by atoms with E-state index in [0.29, 0.717) is 0 Å². The molecule has 0 saturated carbocycles. The lowest BCUT2D eigenvalue weighted by Gasteiger charge is -2.17. The average Bonchev–Trinajstić information content (AvgIpc) is 2.83. The maximum absolute atomic E-state index is 11.8. The van der Waals surface area contributed by atoms with Crippen molar-refractivity contribution < 1.29 is 9.53 Å². The van der Waals surface area contributed by atoms with E-state index < -0.39 is 6.10 Å². The summed E-state index contributed by atoms with van der Waals surface area (Å²) in [6.45, 7) is 3.59. The number of para-hydroxylation sites is 1. The second-order valence-electron chi connectivity index (χ2n) is 4.27. The highest BCUT2D eigenvalue weighted by Gasteiger charge is 2.21. The first-order chi connectivity index (χ1) is 8.25. The van der Waals surface area contributed by atoms with Crippen LogP contribution in [0.25, 0.3) is 0 Å². The lowest BCUT2D eigenvalue weighted by atomic mass is 10.2. The summed E-state index contributed by atoms with van der Waals surface area (Å²) in [6, 6.07) is 9.63. The maximum Gasteiger partial charge on any atom is 0.261 e. The van der Waals surface area contributed by atoms with Gasteiger partial charge in [-0.1, -0.05) is 18.2 Å². The van der Waals surface area contributed by atoms with Gasteiger partial charge in [-0.25, -0.2) is 0 Å². The van der Waals surface area contributed by atoms with Crippen molar-refractivity contribution in [3.8, 4) is 5.75 Å². The first kappa shape index (κ1) is 11.9. The van der Waals surface area contributed by atoms with Crippen LogP contribution < -0.4 is 15.4 Å². The van der Waals surface area contributed by atoms with Gasteiger partial charge in [0.1, 0.15) is 5.75 Å². The Bertz CT molecular complexity index is 361. The van der Waals surface area contributed by atoms with Crippen molar-refractivity contribution in [2.75, 3.05) is 13.1 Å². The summed E-state index contributed by atoms with van der Waals surface area (Å²) >= 11 is 0. The molecule has 0 radical (unpaired) electrons. The normalized spacial score (nSPS) is 20.9. The van der Waals surface area contributed by atoms with E-state index in [0.717, 1.165) is 25.3 Å². The molecule has 2 atom stereocenters. The molecule has 1 heterocycles. The minimum absolute atomic E-state index is 0.0532. The number of hydrogen-bond donors (Lipinski definition) is 2. The van der Waals surface area contributed by atoms with E-state index in [4.69, 9.17) is 4.74 Å². The number of carbonyl (C=O) groups excluding carboxylic acids is 1. The second-order valence-corrected chi connectivity index (χ2v) is 4.27. The minimum atomic E-state index is -0.460. The third-order valence-electron chi connectivity index (χ3n) is 2.83. The number of nitrogens with one attached hydrogen (secondary N) is 2. The molecular formula is C13H18N2O2. The van der Waals surface area contributed by atoms with Gasteiger partial charge in [-0.05, 0) is 32.0 Å². The van der Waals surface area contributed by atoms with Crippen molar-refractivity contribution in [2.24, 2.45) is 0 Å². The predicted molar refractivity (Wildman–Crippen MR) is 65.9 cm³/mol. The molecule has 1 fully saturated rings. The summed E-state index contributed by atoms with van der Waals surface area (Å²) in [6.07, 6.45) is 0.530. The Morgan fingerprint density at radius 3 is 2.88 bits per heavy atom. The largest absolute Gasteiger partial charge is 0.481 e. The first-order valence-electron chi connectivity index (χ1n) is 5.98. The molecule has 0 bridgehead atoms. The smallest absolute Gasteiger partial charge is 0.261 e. The molecule has 1 aromatic carbocycles. The molecule has 17 heavy (non-hydrogen) atoms. The van der Waals surface area contributed by atoms with Crippen molar-refractivity contribution in [1.82, 2.24) is 10.6 Å². The Kier molecular flexibility index (Phi) is 3.98. The number of amides is 1. The summed E-state index contributed by atoms with van der Waals surface area (Å²) in [7, 11) is 0. The van der Waals surface area contributed by atoms with E-state index in [1.807, 2.05) is 30.3 Å².